The number of aromatic nitrogens is 2. The number of nitrogens with one attached hydrogen (secondary N) is 1. The summed E-state index contributed by atoms with van der Waals surface area (Å²) in [5.41, 5.74) is 2.64. The van der Waals surface area contributed by atoms with E-state index in [1.54, 1.807) is 60.3 Å². The molecular weight excluding hydrogens is 330 g/mol. The maximum atomic E-state index is 12.9. The van der Waals surface area contributed by atoms with Crippen molar-refractivity contribution in [2.45, 2.75) is 6.92 Å². The molecule has 6 heteroatoms. The third kappa shape index (κ3) is 2.35. The third-order valence-electron chi connectivity index (χ3n) is 4.55. The number of nitrogens with zero attached hydrogens (tertiary/aromatic N) is 2. The van der Waals surface area contributed by atoms with Crippen molar-refractivity contribution >= 4 is 23.2 Å². The van der Waals surface area contributed by atoms with Gasteiger partial charge >= 0.3 is 0 Å². The third-order valence-corrected chi connectivity index (χ3v) is 4.55. The van der Waals surface area contributed by atoms with E-state index in [1.165, 1.54) is 0 Å². The van der Waals surface area contributed by atoms with Gasteiger partial charge < -0.3 is 5.32 Å². The van der Waals surface area contributed by atoms with Crippen molar-refractivity contribution in [1.82, 2.24) is 9.78 Å². The van der Waals surface area contributed by atoms with Gasteiger partial charge in [0.25, 0.3) is 5.91 Å². The first-order valence-corrected chi connectivity index (χ1v) is 8.11. The van der Waals surface area contributed by atoms with Crippen molar-refractivity contribution in [3.8, 4) is 0 Å². The molecule has 0 spiro atoms. The van der Waals surface area contributed by atoms with Crippen molar-refractivity contribution in [3.63, 3.8) is 0 Å². The number of carbonyl (C=O) groups is 3. The predicted octanol–water partition coefficient (Wildman–Crippen LogP) is 2.76. The Bertz CT molecular complexity index is 1080. The standard InChI is InChI=1S/C20H15N3O3/c1-11-10-16(22-23(11)2)20(26)21-15-9-5-8-14-17(15)19(25)13-7-4-3-6-12(13)18(14)24/h3-10H,1-2H3,(H,21,26). The van der Waals surface area contributed by atoms with Gasteiger partial charge in [0, 0.05) is 29.4 Å². The van der Waals surface area contributed by atoms with Crippen molar-refractivity contribution < 1.29 is 14.4 Å². The van der Waals surface area contributed by atoms with Gasteiger partial charge in [0.2, 0.25) is 0 Å². The average Bonchev–Trinajstić information content (AvgIpc) is 2.98. The number of fused-ring (bicyclic) bond motifs is 2. The van der Waals surface area contributed by atoms with Crippen molar-refractivity contribution in [3.05, 3.63) is 82.2 Å². The Morgan fingerprint density at radius 3 is 2.27 bits per heavy atom. The fourth-order valence-corrected chi connectivity index (χ4v) is 3.11. The summed E-state index contributed by atoms with van der Waals surface area (Å²) >= 11 is 0. The molecule has 1 aliphatic rings. The van der Waals surface area contributed by atoms with E-state index < -0.39 is 5.91 Å². The molecular formula is C20H15N3O3. The zero-order chi connectivity index (χ0) is 18.4. The summed E-state index contributed by atoms with van der Waals surface area (Å²) < 4.78 is 1.60. The second-order valence-corrected chi connectivity index (χ2v) is 6.18. The Balaban J connectivity index is 1.77. The molecule has 26 heavy (non-hydrogen) atoms. The average molecular weight is 345 g/mol. The summed E-state index contributed by atoms with van der Waals surface area (Å²) in [7, 11) is 1.75. The Hall–Kier alpha value is -3.54. The van der Waals surface area contributed by atoms with Crippen LogP contribution in [0.1, 0.15) is 48.0 Å². The van der Waals surface area contributed by atoms with Crippen molar-refractivity contribution in [1.29, 1.82) is 0 Å². The number of ketones is 2. The van der Waals surface area contributed by atoms with Gasteiger partial charge in [-0.05, 0) is 19.1 Å². The number of benzene rings is 2. The van der Waals surface area contributed by atoms with Gasteiger partial charge in [-0.1, -0.05) is 36.4 Å². The number of aryl methyl sites for hydroxylation is 2. The topological polar surface area (TPSA) is 81.1 Å². The molecule has 0 fully saturated rings. The molecule has 0 saturated heterocycles. The minimum absolute atomic E-state index is 0.220. The second-order valence-electron chi connectivity index (χ2n) is 6.18. The maximum absolute atomic E-state index is 12.9. The fourth-order valence-electron chi connectivity index (χ4n) is 3.11. The number of rotatable bonds is 2. The Labute approximate surface area is 149 Å². The lowest BCUT2D eigenvalue weighted by Crippen LogP contribution is -2.24. The van der Waals surface area contributed by atoms with Crippen LogP contribution >= 0.6 is 0 Å². The number of hydrogen-bond donors (Lipinski definition) is 1. The highest BCUT2D eigenvalue weighted by molar-refractivity contribution is 6.30. The van der Waals surface area contributed by atoms with Crippen LogP contribution in [-0.2, 0) is 7.05 Å². The Kier molecular flexibility index (Phi) is 3.54. The number of carbonyl (C=O) groups excluding carboxylic acids is 3. The van der Waals surface area contributed by atoms with Gasteiger partial charge in [0.1, 0.15) is 0 Å². The summed E-state index contributed by atoms with van der Waals surface area (Å²) in [6.45, 7) is 1.84. The summed E-state index contributed by atoms with van der Waals surface area (Å²) in [4.78, 5) is 38.2. The first-order valence-electron chi connectivity index (χ1n) is 8.11. The zero-order valence-electron chi connectivity index (χ0n) is 14.2. The molecule has 0 aliphatic heterocycles. The molecule has 0 bridgehead atoms. The van der Waals surface area contributed by atoms with E-state index in [1.807, 2.05) is 6.92 Å². The quantitative estimate of drug-likeness (QED) is 0.606. The van der Waals surface area contributed by atoms with Gasteiger partial charge in [-0.25, -0.2) is 0 Å². The largest absolute Gasteiger partial charge is 0.320 e. The van der Waals surface area contributed by atoms with Crippen molar-refractivity contribution in [2.75, 3.05) is 5.32 Å². The van der Waals surface area contributed by atoms with Gasteiger partial charge in [-0.2, -0.15) is 5.10 Å². The minimum atomic E-state index is -0.429. The summed E-state index contributed by atoms with van der Waals surface area (Å²) in [5, 5.41) is 6.86. The van der Waals surface area contributed by atoms with Crippen LogP contribution in [0.15, 0.2) is 48.5 Å². The van der Waals surface area contributed by atoms with E-state index in [0.717, 1.165) is 5.69 Å². The van der Waals surface area contributed by atoms with E-state index in [-0.39, 0.29) is 22.8 Å². The lowest BCUT2D eigenvalue weighted by atomic mass is 9.83. The van der Waals surface area contributed by atoms with Crippen LogP contribution in [0.4, 0.5) is 5.69 Å². The van der Waals surface area contributed by atoms with E-state index in [9.17, 15) is 14.4 Å². The van der Waals surface area contributed by atoms with Crippen LogP contribution in [0.5, 0.6) is 0 Å². The minimum Gasteiger partial charge on any atom is -0.320 e. The predicted molar refractivity (Wildman–Crippen MR) is 95.6 cm³/mol. The normalized spacial score (nSPS) is 12.5. The maximum Gasteiger partial charge on any atom is 0.276 e. The molecule has 0 saturated carbocycles. The van der Waals surface area contributed by atoms with E-state index in [4.69, 9.17) is 0 Å². The SMILES string of the molecule is Cc1cc(C(=O)Nc2cccc3c2C(=O)c2ccccc2C3=O)nn1C. The molecule has 2 aromatic carbocycles. The number of amides is 1. The van der Waals surface area contributed by atoms with Gasteiger partial charge in [-0.3, -0.25) is 19.1 Å². The van der Waals surface area contributed by atoms with Crippen LogP contribution in [0.3, 0.4) is 0 Å². The smallest absolute Gasteiger partial charge is 0.276 e. The van der Waals surface area contributed by atoms with Crippen LogP contribution in [0.25, 0.3) is 0 Å². The lowest BCUT2D eigenvalue weighted by Gasteiger charge is -2.20. The van der Waals surface area contributed by atoms with Crippen molar-refractivity contribution in [2.24, 2.45) is 7.05 Å². The highest BCUT2D eigenvalue weighted by atomic mass is 16.2. The molecule has 4 rings (SSSR count). The molecule has 1 N–H and O–H groups in total. The van der Waals surface area contributed by atoms with E-state index in [2.05, 4.69) is 10.4 Å². The van der Waals surface area contributed by atoms with Crippen LogP contribution in [0, 0.1) is 6.92 Å². The van der Waals surface area contributed by atoms with Crippen LogP contribution in [0.2, 0.25) is 0 Å². The monoisotopic (exact) mass is 345 g/mol. The molecule has 6 nitrogen and oxygen atoms in total. The summed E-state index contributed by atoms with van der Waals surface area (Å²) in [6, 6.07) is 13.2. The summed E-state index contributed by atoms with van der Waals surface area (Å²) in [5.74, 6) is -0.926. The van der Waals surface area contributed by atoms with E-state index >= 15 is 0 Å². The first kappa shape index (κ1) is 16.0. The molecule has 0 atom stereocenters. The van der Waals surface area contributed by atoms with Gasteiger partial charge in [0.05, 0.1) is 11.3 Å². The molecule has 0 unspecified atom stereocenters. The molecule has 3 aromatic rings. The van der Waals surface area contributed by atoms with Crippen LogP contribution in [-0.4, -0.2) is 27.3 Å². The zero-order valence-corrected chi connectivity index (χ0v) is 14.2. The molecule has 128 valence electrons. The molecule has 0 radical (unpaired) electrons. The fraction of sp³-hybridized carbons (Fsp3) is 0.100. The Morgan fingerprint density at radius 1 is 0.962 bits per heavy atom. The number of hydrogen-bond acceptors (Lipinski definition) is 4. The highest BCUT2D eigenvalue weighted by Gasteiger charge is 2.31. The van der Waals surface area contributed by atoms with Gasteiger partial charge in [-0.15, -0.1) is 0 Å². The summed E-state index contributed by atoms with van der Waals surface area (Å²) in [6.07, 6.45) is 0. The number of anilines is 1. The van der Waals surface area contributed by atoms with E-state index in [0.29, 0.717) is 22.4 Å². The van der Waals surface area contributed by atoms with Crippen LogP contribution < -0.4 is 5.32 Å². The molecule has 1 amide bonds. The highest BCUT2D eigenvalue weighted by Crippen LogP contribution is 2.32. The second kappa shape index (κ2) is 5.77. The Morgan fingerprint density at radius 2 is 1.62 bits per heavy atom. The van der Waals surface area contributed by atoms with Gasteiger partial charge in [0.15, 0.2) is 17.3 Å². The first-order chi connectivity index (χ1) is 12.5. The lowest BCUT2D eigenvalue weighted by molar-refractivity contribution is 0.0978. The molecule has 1 aliphatic carbocycles. The molecule has 1 heterocycles. The molecule has 1 aromatic heterocycles.